The number of carbonyl (C=O) groups is 3. The van der Waals surface area contributed by atoms with Gasteiger partial charge in [0.05, 0.1) is 12.1 Å². The molecule has 7 heteroatoms. The highest BCUT2D eigenvalue weighted by Gasteiger charge is 2.45. The molecule has 3 amide bonds. The number of hydrogen-bond acceptors (Lipinski definition) is 5. The van der Waals surface area contributed by atoms with Crippen molar-refractivity contribution in [3.05, 3.63) is 48.5 Å². The lowest BCUT2D eigenvalue weighted by Crippen LogP contribution is -2.49. The number of para-hydroxylation sites is 2. The van der Waals surface area contributed by atoms with Gasteiger partial charge in [-0.1, -0.05) is 37.8 Å². The molecule has 1 aromatic heterocycles. The highest BCUT2D eigenvalue weighted by atomic mass is 16.3. The number of amides is 3. The predicted octanol–water partition coefficient (Wildman–Crippen LogP) is 4.70. The molecule has 1 atom stereocenters. The van der Waals surface area contributed by atoms with Crippen LogP contribution in [0.1, 0.15) is 51.9 Å². The first kappa shape index (κ1) is 21.4. The molecule has 33 heavy (non-hydrogen) atoms. The van der Waals surface area contributed by atoms with Crippen LogP contribution in [0.5, 0.6) is 0 Å². The number of rotatable bonds is 4. The Labute approximate surface area is 192 Å². The molecule has 2 aliphatic rings. The molecule has 1 unspecified atom stereocenters. The summed E-state index contributed by atoms with van der Waals surface area (Å²) in [4.78, 5) is 46.2. The fourth-order valence-corrected chi connectivity index (χ4v) is 5.12. The molecular weight excluding hydrogens is 418 g/mol. The molecule has 1 aliphatic heterocycles. The molecule has 0 N–H and O–H groups in total. The van der Waals surface area contributed by atoms with Crippen molar-refractivity contribution in [1.82, 2.24) is 9.88 Å². The lowest BCUT2D eigenvalue weighted by molar-refractivity contribution is -0.139. The average molecular weight is 446 g/mol. The van der Waals surface area contributed by atoms with Crippen LogP contribution < -0.4 is 4.90 Å². The molecule has 1 saturated heterocycles. The summed E-state index contributed by atoms with van der Waals surface area (Å²) in [7, 11) is 0. The Morgan fingerprint density at radius 2 is 1.70 bits per heavy atom. The zero-order valence-corrected chi connectivity index (χ0v) is 18.7. The van der Waals surface area contributed by atoms with E-state index < -0.39 is 6.04 Å². The molecule has 3 aromatic rings. The smallest absolute Gasteiger partial charge is 0.257 e. The van der Waals surface area contributed by atoms with Crippen molar-refractivity contribution in [1.29, 1.82) is 0 Å². The lowest BCUT2D eigenvalue weighted by atomic mass is 10.0. The lowest BCUT2D eigenvalue weighted by Gasteiger charge is -2.34. The van der Waals surface area contributed by atoms with E-state index in [-0.39, 0.29) is 30.2 Å². The normalized spacial score (nSPS) is 19.8. The van der Waals surface area contributed by atoms with Crippen LogP contribution in [0, 0.1) is 0 Å². The van der Waals surface area contributed by atoms with Gasteiger partial charge >= 0.3 is 0 Å². The Kier molecular flexibility index (Phi) is 5.70. The van der Waals surface area contributed by atoms with E-state index in [2.05, 4.69) is 4.98 Å². The van der Waals surface area contributed by atoms with E-state index >= 15 is 0 Å². The number of aromatic nitrogens is 1. The number of hydrogen-bond donors (Lipinski definition) is 0. The van der Waals surface area contributed by atoms with Gasteiger partial charge in [-0.3, -0.25) is 14.4 Å². The molecule has 170 valence electrons. The number of oxazole rings is 1. The number of benzene rings is 2. The van der Waals surface area contributed by atoms with Crippen molar-refractivity contribution in [2.45, 2.75) is 64.0 Å². The largest absolute Gasteiger partial charge is 0.436 e. The van der Waals surface area contributed by atoms with Gasteiger partial charge in [-0.15, -0.1) is 0 Å². The topological polar surface area (TPSA) is 83.7 Å². The Morgan fingerprint density at radius 1 is 1.00 bits per heavy atom. The van der Waals surface area contributed by atoms with Gasteiger partial charge < -0.3 is 9.32 Å². The van der Waals surface area contributed by atoms with Crippen LogP contribution in [0.4, 0.5) is 5.69 Å². The van der Waals surface area contributed by atoms with Crippen molar-refractivity contribution in [3.8, 4) is 11.5 Å². The summed E-state index contributed by atoms with van der Waals surface area (Å²) in [6.07, 6.45) is 6.20. The van der Waals surface area contributed by atoms with E-state index in [0.717, 1.165) is 49.6 Å². The maximum Gasteiger partial charge on any atom is 0.257 e. The molecule has 2 heterocycles. The Morgan fingerprint density at radius 3 is 2.36 bits per heavy atom. The van der Waals surface area contributed by atoms with Crippen LogP contribution in [0.2, 0.25) is 0 Å². The van der Waals surface area contributed by atoms with Crippen LogP contribution in [-0.2, 0) is 14.4 Å². The van der Waals surface area contributed by atoms with Crippen molar-refractivity contribution in [2.24, 2.45) is 0 Å². The number of imide groups is 1. The fraction of sp³-hybridized carbons (Fsp3) is 0.385. The standard InChI is InChI=1S/C26H27N3O4/c1-17(30)28(19-8-4-2-3-5-9-19)22-16-24(31)29(26(22)32)20-14-12-18(13-15-20)25-27-21-10-6-7-11-23(21)33-25/h6-7,10-15,19,22H,2-5,8-9,16H2,1H3. The molecular formula is C26H27N3O4. The number of nitrogens with zero attached hydrogens (tertiary/aromatic N) is 3. The molecule has 1 saturated carbocycles. The summed E-state index contributed by atoms with van der Waals surface area (Å²) in [6.45, 7) is 1.50. The zero-order valence-electron chi connectivity index (χ0n) is 18.7. The summed E-state index contributed by atoms with van der Waals surface area (Å²) in [5.74, 6) is -0.259. The van der Waals surface area contributed by atoms with Crippen LogP contribution in [-0.4, -0.2) is 39.7 Å². The van der Waals surface area contributed by atoms with E-state index in [4.69, 9.17) is 4.42 Å². The van der Waals surface area contributed by atoms with E-state index in [1.54, 1.807) is 29.2 Å². The maximum absolute atomic E-state index is 13.3. The summed E-state index contributed by atoms with van der Waals surface area (Å²) in [6, 6.07) is 13.9. The number of fused-ring (bicyclic) bond motifs is 1. The van der Waals surface area contributed by atoms with Gasteiger partial charge in [-0.25, -0.2) is 9.88 Å². The predicted molar refractivity (Wildman–Crippen MR) is 124 cm³/mol. The first-order valence-corrected chi connectivity index (χ1v) is 11.6. The maximum atomic E-state index is 13.3. The molecule has 2 aromatic carbocycles. The van der Waals surface area contributed by atoms with Gasteiger partial charge in [-0.2, -0.15) is 0 Å². The first-order valence-electron chi connectivity index (χ1n) is 11.6. The van der Waals surface area contributed by atoms with Crippen LogP contribution >= 0.6 is 0 Å². The van der Waals surface area contributed by atoms with E-state index in [1.165, 1.54) is 11.8 Å². The first-order chi connectivity index (χ1) is 16.0. The second-order valence-corrected chi connectivity index (χ2v) is 8.89. The Hall–Kier alpha value is -3.48. The third-order valence-corrected chi connectivity index (χ3v) is 6.71. The van der Waals surface area contributed by atoms with Crippen LogP contribution in [0.3, 0.4) is 0 Å². The minimum Gasteiger partial charge on any atom is -0.436 e. The van der Waals surface area contributed by atoms with Crippen LogP contribution in [0.15, 0.2) is 52.9 Å². The van der Waals surface area contributed by atoms with Gasteiger partial charge in [0.2, 0.25) is 17.7 Å². The van der Waals surface area contributed by atoms with E-state index in [1.807, 2.05) is 24.3 Å². The highest BCUT2D eigenvalue weighted by molar-refractivity contribution is 6.23. The van der Waals surface area contributed by atoms with Gasteiger partial charge in [-0.05, 0) is 49.2 Å². The molecule has 7 nitrogen and oxygen atoms in total. The van der Waals surface area contributed by atoms with Gasteiger partial charge in [0.25, 0.3) is 5.91 Å². The number of anilines is 1. The molecule has 1 aliphatic carbocycles. The molecule has 5 rings (SSSR count). The van der Waals surface area contributed by atoms with Gasteiger partial charge in [0.1, 0.15) is 11.6 Å². The van der Waals surface area contributed by atoms with Crippen molar-refractivity contribution >= 4 is 34.5 Å². The van der Waals surface area contributed by atoms with Crippen LogP contribution in [0.25, 0.3) is 22.6 Å². The summed E-state index contributed by atoms with van der Waals surface area (Å²) in [5.41, 5.74) is 2.73. The Bertz CT molecular complexity index is 1160. The molecule has 0 radical (unpaired) electrons. The third kappa shape index (κ3) is 4.03. The van der Waals surface area contributed by atoms with Gasteiger partial charge in [0.15, 0.2) is 5.58 Å². The van der Waals surface area contributed by atoms with Crippen molar-refractivity contribution in [3.63, 3.8) is 0 Å². The van der Waals surface area contributed by atoms with E-state index in [0.29, 0.717) is 17.2 Å². The third-order valence-electron chi connectivity index (χ3n) is 6.71. The molecule has 0 spiro atoms. The minimum absolute atomic E-state index is 0.0215. The SMILES string of the molecule is CC(=O)N(C1CCCCCC1)C1CC(=O)N(c2ccc(-c3nc4ccccc4o3)cc2)C1=O. The fourth-order valence-electron chi connectivity index (χ4n) is 5.12. The van der Waals surface area contributed by atoms with Crippen molar-refractivity contribution in [2.75, 3.05) is 4.90 Å². The zero-order chi connectivity index (χ0) is 22.9. The second kappa shape index (κ2) is 8.81. The highest BCUT2D eigenvalue weighted by Crippen LogP contribution is 2.32. The molecule has 0 bridgehead atoms. The number of carbonyl (C=O) groups excluding carboxylic acids is 3. The second-order valence-electron chi connectivity index (χ2n) is 8.89. The summed E-state index contributed by atoms with van der Waals surface area (Å²) >= 11 is 0. The summed E-state index contributed by atoms with van der Waals surface area (Å²) in [5, 5.41) is 0. The molecule has 2 fully saturated rings. The van der Waals surface area contributed by atoms with E-state index in [9.17, 15) is 14.4 Å². The monoisotopic (exact) mass is 445 g/mol. The minimum atomic E-state index is -0.727. The van der Waals surface area contributed by atoms with Crippen molar-refractivity contribution < 1.29 is 18.8 Å². The average Bonchev–Trinajstić information content (AvgIpc) is 3.24. The quantitative estimate of drug-likeness (QED) is 0.429. The van der Waals surface area contributed by atoms with Gasteiger partial charge in [0, 0.05) is 18.5 Å². The summed E-state index contributed by atoms with van der Waals surface area (Å²) < 4.78 is 5.81. The Balaban J connectivity index is 1.38.